The Morgan fingerprint density at radius 1 is 1.04 bits per heavy atom. The lowest BCUT2D eigenvalue weighted by atomic mass is 10.1. The maximum atomic E-state index is 13.8. The van der Waals surface area contributed by atoms with Gasteiger partial charge in [0.15, 0.2) is 5.76 Å². The van der Waals surface area contributed by atoms with E-state index in [0.717, 1.165) is 22.7 Å². The van der Waals surface area contributed by atoms with Crippen molar-refractivity contribution in [2.24, 2.45) is 0 Å². The molecule has 0 spiro atoms. The predicted octanol–water partition coefficient (Wildman–Crippen LogP) is 3.69. The van der Waals surface area contributed by atoms with E-state index in [0.29, 0.717) is 18.8 Å². The molecular formula is C20H18FN5O. The molecule has 0 aliphatic heterocycles. The molecule has 0 radical (unpaired) electrons. The van der Waals surface area contributed by atoms with Crippen LogP contribution in [0.15, 0.2) is 71.6 Å². The maximum Gasteiger partial charge on any atom is 0.151 e. The van der Waals surface area contributed by atoms with Crippen LogP contribution in [0.2, 0.25) is 0 Å². The molecule has 27 heavy (non-hydrogen) atoms. The van der Waals surface area contributed by atoms with Crippen LogP contribution in [0.3, 0.4) is 0 Å². The van der Waals surface area contributed by atoms with Crippen molar-refractivity contribution in [3.8, 4) is 17.1 Å². The summed E-state index contributed by atoms with van der Waals surface area (Å²) in [6, 6.07) is 14.1. The highest BCUT2D eigenvalue weighted by Gasteiger charge is 2.13. The second-order valence-corrected chi connectivity index (χ2v) is 6.29. The third-order valence-electron chi connectivity index (χ3n) is 4.15. The van der Waals surface area contributed by atoms with Gasteiger partial charge in [-0.1, -0.05) is 11.2 Å². The summed E-state index contributed by atoms with van der Waals surface area (Å²) in [6.07, 6.45) is 5.26. The minimum Gasteiger partial charge on any atom is -0.359 e. The minimum atomic E-state index is -0.272. The van der Waals surface area contributed by atoms with Crippen molar-refractivity contribution < 1.29 is 8.91 Å². The second kappa shape index (κ2) is 7.51. The Bertz CT molecular complexity index is 1010. The normalized spacial score (nSPS) is 11.2. The van der Waals surface area contributed by atoms with E-state index >= 15 is 0 Å². The third-order valence-corrected chi connectivity index (χ3v) is 4.15. The lowest BCUT2D eigenvalue weighted by Crippen LogP contribution is -2.18. The number of nitrogens with zero attached hydrogens (tertiary/aromatic N) is 5. The van der Waals surface area contributed by atoms with E-state index in [4.69, 9.17) is 4.52 Å². The van der Waals surface area contributed by atoms with E-state index in [1.54, 1.807) is 23.1 Å². The summed E-state index contributed by atoms with van der Waals surface area (Å²) in [7, 11) is 1.95. The minimum absolute atomic E-state index is 0.272. The van der Waals surface area contributed by atoms with Crippen LogP contribution >= 0.6 is 0 Å². The second-order valence-electron chi connectivity index (χ2n) is 6.29. The van der Waals surface area contributed by atoms with Crippen LogP contribution in [0.5, 0.6) is 0 Å². The van der Waals surface area contributed by atoms with Gasteiger partial charge in [-0.05, 0) is 49.0 Å². The first kappa shape index (κ1) is 17.1. The number of hydrogen-bond acceptors (Lipinski definition) is 5. The number of halogens is 1. The lowest BCUT2D eigenvalue weighted by Gasteiger charge is -2.17. The summed E-state index contributed by atoms with van der Waals surface area (Å²) in [5, 5.41) is 8.33. The van der Waals surface area contributed by atoms with Crippen LogP contribution in [-0.4, -0.2) is 31.9 Å². The molecule has 0 aliphatic carbocycles. The quantitative estimate of drug-likeness (QED) is 0.523. The van der Waals surface area contributed by atoms with Gasteiger partial charge >= 0.3 is 0 Å². The molecule has 136 valence electrons. The van der Waals surface area contributed by atoms with Gasteiger partial charge in [-0.3, -0.25) is 9.88 Å². The van der Waals surface area contributed by atoms with Gasteiger partial charge in [0.05, 0.1) is 17.9 Å². The predicted molar refractivity (Wildman–Crippen MR) is 98.4 cm³/mol. The summed E-state index contributed by atoms with van der Waals surface area (Å²) in [5.74, 6) is 0.446. The topological polar surface area (TPSA) is 60.0 Å². The number of rotatable bonds is 6. The van der Waals surface area contributed by atoms with Gasteiger partial charge in [0, 0.05) is 31.2 Å². The van der Waals surface area contributed by atoms with Crippen molar-refractivity contribution >= 4 is 0 Å². The Labute approximate surface area is 155 Å². The maximum absolute atomic E-state index is 13.8. The molecular weight excluding hydrogens is 345 g/mol. The van der Waals surface area contributed by atoms with Crippen molar-refractivity contribution in [2.75, 3.05) is 7.05 Å². The largest absolute Gasteiger partial charge is 0.359 e. The first-order valence-electron chi connectivity index (χ1n) is 8.53. The van der Waals surface area contributed by atoms with E-state index in [1.807, 2.05) is 48.5 Å². The van der Waals surface area contributed by atoms with Crippen LogP contribution in [0.25, 0.3) is 17.1 Å². The molecule has 0 N–H and O–H groups in total. The molecule has 0 saturated carbocycles. The molecule has 0 unspecified atom stereocenters. The van der Waals surface area contributed by atoms with Crippen LogP contribution in [-0.2, 0) is 13.1 Å². The smallest absolute Gasteiger partial charge is 0.151 e. The van der Waals surface area contributed by atoms with Gasteiger partial charge < -0.3 is 4.52 Å². The Kier molecular flexibility index (Phi) is 4.76. The summed E-state index contributed by atoms with van der Waals surface area (Å²) < 4.78 is 20.9. The van der Waals surface area contributed by atoms with Gasteiger partial charge in [-0.25, -0.2) is 9.07 Å². The Morgan fingerprint density at radius 2 is 1.96 bits per heavy atom. The van der Waals surface area contributed by atoms with Crippen molar-refractivity contribution in [3.05, 3.63) is 84.3 Å². The Morgan fingerprint density at radius 3 is 2.74 bits per heavy atom. The summed E-state index contributed by atoms with van der Waals surface area (Å²) in [5.41, 5.74) is 3.15. The first-order chi connectivity index (χ1) is 13.2. The van der Waals surface area contributed by atoms with E-state index in [2.05, 4.69) is 15.2 Å². The zero-order valence-electron chi connectivity index (χ0n) is 14.8. The molecule has 1 aromatic carbocycles. The molecule has 0 fully saturated rings. The first-order valence-corrected chi connectivity index (χ1v) is 8.53. The highest BCUT2D eigenvalue weighted by atomic mass is 19.1. The Hall–Kier alpha value is -3.32. The van der Waals surface area contributed by atoms with Crippen LogP contribution < -0.4 is 0 Å². The number of benzene rings is 1. The van der Waals surface area contributed by atoms with Crippen molar-refractivity contribution in [1.29, 1.82) is 0 Å². The van der Waals surface area contributed by atoms with Crippen molar-refractivity contribution in [3.63, 3.8) is 0 Å². The number of aromatic nitrogens is 4. The third kappa shape index (κ3) is 3.93. The zero-order chi connectivity index (χ0) is 18.6. The molecule has 3 aromatic heterocycles. The van der Waals surface area contributed by atoms with Gasteiger partial charge in [0.2, 0.25) is 0 Å². The summed E-state index contributed by atoms with van der Waals surface area (Å²) in [6.45, 7) is 1.07. The molecule has 4 rings (SSSR count). The van der Waals surface area contributed by atoms with E-state index in [-0.39, 0.29) is 5.82 Å². The van der Waals surface area contributed by atoms with Crippen LogP contribution in [0.1, 0.15) is 11.3 Å². The summed E-state index contributed by atoms with van der Waals surface area (Å²) in [4.78, 5) is 6.30. The molecule has 3 heterocycles. The Balaban J connectivity index is 1.50. The lowest BCUT2D eigenvalue weighted by molar-refractivity contribution is 0.266. The number of pyridine rings is 1. The van der Waals surface area contributed by atoms with E-state index < -0.39 is 0 Å². The standard InChI is InChI=1S/C20H18FN5O/c1-25(14-17-12-19(24-27-17)18-5-2-3-8-22-18)13-15-11-16(21)6-7-20(15)26-10-4-9-23-26/h2-12H,13-14H2,1H3. The molecule has 0 amide bonds. The molecule has 0 bridgehead atoms. The highest BCUT2D eigenvalue weighted by molar-refractivity contribution is 5.53. The average molecular weight is 363 g/mol. The van der Waals surface area contributed by atoms with E-state index in [9.17, 15) is 4.39 Å². The molecule has 0 aliphatic rings. The molecule has 0 saturated heterocycles. The van der Waals surface area contributed by atoms with Crippen LogP contribution in [0.4, 0.5) is 4.39 Å². The van der Waals surface area contributed by atoms with Crippen LogP contribution in [0, 0.1) is 5.82 Å². The van der Waals surface area contributed by atoms with Crippen molar-refractivity contribution in [2.45, 2.75) is 13.1 Å². The fraction of sp³-hybridized carbons (Fsp3) is 0.150. The fourth-order valence-corrected chi connectivity index (χ4v) is 2.95. The molecule has 7 heteroatoms. The number of hydrogen-bond donors (Lipinski definition) is 0. The van der Waals surface area contributed by atoms with Gasteiger partial charge in [-0.2, -0.15) is 5.10 Å². The van der Waals surface area contributed by atoms with Crippen molar-refractivity contribution in [1.82, 2.24) is 24.8 Å². The average Bonchev–Trinajstić information content (AvgIpc) is 3.35. The van der Waals surface area contributed by atoms with Gasteiger partial charge in [-0.15, -0.1) is 0 Å². The highest BCUT2D eigenvalue weighted by Crippen LogP contribution is 2.20. The summed E-state index contributed by atoms with van der Waals surface area (Å²) >= 11 is 0. The molecule has 0 atom stereocenters. The SMILES string of the molecule is CN(Cc1cc(-c2ccccn2)no1)Cc1cc(F)ccc1-n1cccn1. The molecule has 6 nitrogen and oxygen atoms in total. The monoisotopic (exact) mass is 363 g/mol. The zero-order valence-corrected chi connectivity index (χ0v) is 14.8. The van der Waals surface area contributed by atoms with Gasteiger partial charge in [0.1, 0.15) is 11.5 Å². The van der Waals surface area contributed by atoms with E-state index in [1.165, 1.54) is 12.1 Å². The fourth-order valence-electron chi connectivity index (χ4n) is 2.95. The van der Waals surface area contributed by atoms with Gasteiger partial charge in [0.25, 0.3) is 0 Å². The molecule has 4 aromatic rings.